The minimum atomic E-state index is -0.424. The lowest BCUT2D eigenvalue weighted by Gasteiger charge is -2.04. The van der Waals surface area contributed by atoms with Gasteiger partial charge in [-0.25, -0.2) is 0 Å². The van der Waals surface area contributed by atoms with E-state index in [-0.39, 0.29) is 10.6 Å². The van der Waals surface area contributed by atoms with Crippen molar-refractivity contribution in [1.82, 2.24) is 0 Å². The van der Waals surface area contributed by atoms with Crippen molar-refractivity contribution in [3.63, 3.8) is 0 Å². The van der Waals surface area contributed by atoms with Gasteiger partial charge < -0.3 is 0 Å². The van der Waals surface area contributed by atoms with Crippen LogP contribution in [-0.4, -0.2) is 10.6 Å². The van der Waals surface area contributed by atoms with Crippen LogP contribution in [0.1, 0.15) is 12.5 Å². The maximum Gasteiger partial charge on any atom is 0.272 e. The Labute approximate surface area is 80.6 Å². The van der Waals surface area contributed by atoms with E-state index in [9.17, 15) is 10.1 Å². The second-order valence-corrected chi connectivity index (χ2v) is 3.48. The van der Waals surface area contributed by atoms with E-state index in [1.165, 1.54) is 6.07 Å². The molecule has 0 fully saturated rings. The van der Waals surface area contributed by atoms with Crippen molar-refractivity contribution in [3.8, 4) is 0 Å². The molecule has 5 heteroatoms. The molecule has 0 atom stereocenters. The molecule has 1 heterocycles. The summed E-state index contributed by atoms with van der Waals surface area (Å²) in [6.45, 7) is 1.85. The highest BCUT2D eigenvalue weighted by atomic mass is 16.6. The molecule has 2 rings (SSSR count). The molecular formula is C9H9N3O2. The summed E-state index contributed by atoms with van der Waals surface area (Å²) in [7, 11) is 0. The summed E-state index contributed by atoms with van der Waals surface area (Å²) in [6, 6.07) is 6.69. The lowest BCUT2D eigenvalue weighted by molar-refractivity contribution is -0.385. The van der Waals surface area contributed by atoms with E-state index < -0.39 is 5.66 Å². The summed E-state index contributed by atoms with van der Waals surface area (Å²) in [6.07, 6.45) is 0.504. The monoisotopic (exact) mass is 191 g/mol. The number of hydrogen-bond donors (Lipinski definition) is 0. The Morgan fingerprint density at radius 3 is 2.64 bits per heavy atom. The van der Waals surface area contributed by atoms with Crippen molar-refractivity contribution in [2.24, 2.45) is 10.2 Å². The molecule has 0 N–H and O–H groups in total. The first kappa shape index (κ1) is 8.80. The lowest BCUT2D eigenvalue weighted by atomic mass is 10.0. The Bertz CT molecular complexity index is 408. The van der Waals surface area contributed by atoms with Gasteiger partial charge in [0.25, 0.3) is 5.69 Å². The van der Waals surface area contributed by atoms with E-state index in [0.717, 1.165) is 0 Å². The number of benzene rings is 1. The Hall–Kier alpha value is -1.78. The number of hydrogen-bond acceptors (Lipinski definition) is 4. The van der Waals surface area contributed by atoms with Crippen LogP contribution in [0.2, 0.25) is 0 Å². The summed E-state index contributed by atoms with van der Waals surface area (Å²) in [4.78, 5) is 10.3. The van der Waals surface area contributed by atoms with Gasteiger partial charge in [-0.3, -0.25) is 10.1 Å². The van der Waals surface area contributed by atoms with E-state index >= 15 is 0 Å². The molecule has 0 radical (unpaired) electrons. The summed E-state index contributed by atoms with van der Waals surface area (Å²) in [5, 5.41) is 18.3. The minimum absolute atomic E-state index is 0.144. The Morgan fingerprint density at radius 1 is 1.43 bits per heavy atom. The van der Waals surface area contributed by atoms with Crippen LogP contribution in [0.25, 0.3) is 0 Å². The predicted molar refractivity (Wildman–Crippen MR) is 50.1 cm³/mol. The van der Waals surface area contributed by atoms with Crippen LogP contribution >= 0.6 is 0 Å². The average molecular weight is 191 g/mol. The van der Waals surface area contributed by atoms with Crippen molar-refractivity contribution in [3.05, 3.63) is 39.9 Å². The molecule has 14 heavy (non-hydrogen) atoms. The van der Waals surface area contributed by atoms with E-state index in [2.05, 4.69) is 10.2 Å². The maximum atomic E-state index is 10.7. The Morgan fingerprint density at radius 2 is 2.07 bits per heavy atom. The van der Waals surface area contributed by atoms with E-state index in [4.69, 9.17) is 0 Å². The third-order valence-electron chi connectivity index (χ3n) is 2.16. The van der Waals surface area contributed by atoms with Gasteiger partial charge in [-0.15, -0.1) is 0 Å². The summed E-state index contributed by atoms with van der Waals surface area (Å²) >= 11 is 0. The van der Waals surface area contributed by atoms with Crippen LogP contribution in [0.4, 0.5) is 5.69 Å². The zero-order valence-corrected chi connectivity index (χ0v) is 7.67. The number of nitro benzene ring substituents is 1. The standard InChI is InChI=1S/C9H9N3O2/c1-9(10-11-9)6-7-4-2-3-5-8(7)12(13)14/h2-5H,6H2,1H3. The fraction of sp³-hybridized carbons (Fsp3) is 0.333. The normalized spacial score (nSPS) is 16.6. The van der Waals surface area contributed by atoms with E-state index in [1.54, 1.807) is 18.2 Å². The van der Waals surface area contributed by atoms with Crippen molar-refractivity contribution in [2.45, 2.75) is 19.0 Å². The van der Waals surface area contributed by atoms with Gasteiger partial charge in [0.2, 0.25) is 0 Å². The fourth-order valence-corrected chi connectivity index (χ4v) is 1.36. The highest BCUT2D eigenvalue weighted by Crippen LogP contribution is 2.33. The van der Waals surface area contributed by atoms with E-state index in [0.29, 0.717) is 12.0 Å². The number of nitrogens with zero attached hydrogens (tertiary/aromatic N) is 3. The summed E-state index contributed by atoms with van der Waals surface area (Å²) in [5.41, 5.74) is 0.405. The third kappa shape index (κ3) is 1.61. The second-order valence-electron chi connectivity index (χ2n) is 3.48. The van der Waals surface area contributed by atoms with E-state index in [1.807, 2.05) is 6.92 Å². The molecule has 0 amide bonds. The first-order valence-corrected chi connectivity index (χ1v) is 4.27. The molecule has 1 aromatic rings. The van der Waals surface area contributed by atoms with Crippen molar-refractivity contribution in [1.29, 1.82) is 0 Å². The van der Waals surface area contributed by atoms with Crippen LogP contribution in [0, 0.1) is 10.1 Å². The van der Waals surface area contributed by atoms with Crippen LogP contribution in [0.3, 0.4) is 0 Å². The molecule has 5 nitrogen and oxygen atoms in total. The third-order valence-corrected chi connectivity index (χ3v) is 2.16. The van der Waals surface area contributed by atoms with Crippen LogP contribution in [0.15, 0.2) is 34.5 Å². The number of para-hydroxylation sites is 1. The largest absolute Gasteiger partial charge is 0.272 e. The SMILES string of the molecule is CC1(Cc2ccccc2[N+](=O)[O-])N=N1. The molecule has 0 saturated carbocycles. The van der Waals surface area contributed by atoms with Crippen LogP contribution in [-0.2, 0) is 6.42 Å². The van der Waals surface area contributed by atoms with Gasteiger partial charge in [-0.2, -0.15) is 10.2 Å². The van der Waals surface area contributed by atoms with Gasteiger partial charge in [0, 0.05) is 18.1 Å². The average Bonchev–Trinajstić information content (AvgIpc) is 2.84. The summed E-state index contributed by atoms with van der Waals surface area (Å²) in [5.74, 6) is 0. The molecule has 0 aliphatic carbocycles. The zero-order chi connectivity index (χ0) is 10.2. The molecule has 1 aromatic carbocycles. The predicted octanol–water partition coefficient (Wildman–Crippen LogP) is 2.32. The Balaban J connectivity index is 2.27. The number of nitro groups is 1. The first-order valence-electron chi connectivity index (χ1n) is 4.27. The van der Waals surface area contributed by atoms with Crippen LogP contribution < -0.4 is 0 Å². The summed E-state index contributed by atoms with van der Waals surface area (Å²) < 4.78 is 0. The molecule has 72 valence electrons. The molecule has 0 saturated heterocycles. The van der Waals surface area contributed by atoms with Gasteiger partial charge in [-0.1, -0.05) is 18.2 Å². The number of rotatable bonds is 3. The lowest BCUT2D eigenvalue weighted by Crippen LogP contribution is -2.10. The molecule has 1 aliphatic rings. The Kier molecular flexibility index (Phi) is 1.80. The van der Waals surface area contributed by atoms with Gasteiger partial charge in [0.15, 0.2) is 5.66 Å². The fourth-order valence-electron chi connectivity index (χ4n) is 1.36. The molecular weight excluding hydrogens is 182 g/mol. The van der Waals surface area contributed by atoms with Crippen molar-refractivity contribution in [2.75, 3.05) is 0 Å². The molecule has 0 aromatic heterocycles. The zero-order valence-electron chi connectivity index (χ0n) is 7.67. The molecule has 0 bridgehead atoms. The van der Waals surface area contributed by atoms with Gasteiger partial charge in [-0.05, 0) is 6.92 Å². The second kappa shape index (κ2) is 2.87. The maximum absolute atomic E-state index is 10.7. The van der Waals surface area contributed by atoms with Crippen molar-refractivity contribution >= 4 is 5.69 Å². The minimum Gasteiger partial charge on any atom is -0.258 e. The quantitative estimate of drug-likeness (QED) is 0.543. The van der Waals surface area contributed by atoms with Gasteiger partial charge in [0.1, 0.15) is 0 Å². The van der Waals surface area contributed by atoms with Gasteiger partial charge in [0.05, 0.1) is 4.92 Å². The smallest absolute Gasteiger partial charge is 0.258 e. The topological polar surface area (TPSA) is 67.9 Å². The van der Waals surface area contributed by atoms with Crippen molar-refractivity contribution < 1.29 is 4.92 Å². The molecule has 0 unspecified atom stereocenters. The molecule has 1 aliphatic heterocycles. The van der Waals surface area contributed by atoms with Gasteiger partial charge >= 0.3 is 0 Å². The van der Waals surface area contributed by atoms with Crippen LogP contribution in [0.5, 0.6) is 0 Å². The highest BCUT2D eigenvalue weighted by molar-refractivity contribution is 5.41. The molecule has 0 spiro atoms. The highest BCUT2D eigenvalue weighted by Gasteiger charge is 2.35. The first-order chi connectivity index (χ1) is 6.61.